The van der Waals surface area contributed by atoms with E-state index in [1.54, 1.807) is 14.2 Å². The maximum atomic E-state index is 5.99. The number of hydrogen-bond acceptors (Lipinski definition) is 2. The Bertz CT molecular complexity index is 319. The summed E-state index contributed by atoms with van der Waals surface area (Å²) in [5.41, 5.74) is 1.00. The van der Waals surface area contributed by atoms with Gasteiger partial charge in [-0.2, -0.15) is 0 Å². The fourth-order valence-electron chi connectivity index (χ4n) is 1.21. The van der Waals surface area contributed by atoms with Crippen molar-refractivity contribution in [1.29, 1.82) is 0 Å². The van der Waals surface area contributed by atoms with Crippen molar-refractivity contribution >= 4 is 17.7 Å². The van der Waals surface area contributed by atoms with Gasteiger partial charge in [0.1, 0.15) is 0 Å². The lowest BCUT2D eigenvalue weighted by Gasteiger charge is -2.09. The van der Waals surface area contributed by atoms with Gasteiger partial charge >= 0.3 is 0 Å². The topological polar surface area (TPSA) is 18.5 Å². The van der Waals surface area contributed by atoms with Gasteiger partial charge in [0, 0.05) is 25.7 Å². The zero-order chi connectivity index (χ0) is 11.1. The summed E-state index contributed by atoms with van der Waals surface area (Å²) in [6.45, 7) is 0. The van der Waals surface area contributed by atoms with Crippen molar-refractivity contribution < 1.29 is 9.47 Å². The van der Waals surface area contributed by atoms with Gasteiger partial charge in [-0.05, 0) is 11.6 Å². The van der Waals surface area contributed by atoms with E-state index < -0.39 is 0 Å². The standard InChI is InChI=1S/C12H15ClO2/c1-14-12(15-2)9-5-7-10-6-3-4-8-11(10)13/h3-8,12H,9H2,1-2H3. The molecule has 0 aromatic heterocycles. The minimum atomic E-state index is -0.191. The van der Waals surface area contributed by atoms with Crippen LogP contribution in [-0.2, 0) is 9.47 Å². The number of hydrogen-bond donors (Lipinski definition) is 0. The molecule has 0 fully saturated rings. The normalized spacial score (nSPS) is 11.5. The molecule has 2 nitrogen and oxygen atoms in total. The maximum Gasteiger partial charge on any atom is 0.160 e. The van der Waals surface area contributed by atoms with Crippen LogP contribution in [0.3, 0.4) is 0 Å². The summed E-state index contributed by atoms with van der Waals surface area (Å²) < 4.78 is 10.1. The van der Waals surface area contributed by atoms with Gasteiger partial charge in [-0.25, -0.2) is 0 Å². The van der Waals surface area contributed by atoms with Crippen molar-refractivity contribution in [2.45, 2.75) is 12.7 Å². The Labute approximate surface area is 95.5 Å². The summed E-state index contributed by atoms with van der Waals surface area (Å²) in [6.07, 6.45) is 4.47. The summed E-state index contributed by atoms with van der Waals surface area (Å²) in [4.78, 5) is 0. The van der Waals surface area contributed by atoms with E-state index in [1.807, 2.05) is 36.4 Å². The molecule has 0 bridgehead atoms. The first-order valence-electron chi connectivity index (χ1n) is 4.74. The number of rotatable bonds is 5. The van der Waals surface area contributed by atoms with Crippen molar-refractivity contribution in [3.8, 4) is 0 Å². The van der Waals surface area contributed by atoms with E-state index >= 15 is 0 Å². The first kappa shape index (κ1) is 12.2. The Kier molecular flexibility index (Phi) is 5.40. The molecule has 0 saturated heterocycles. The quantitative estimate of drug-likeness (QED) is 0.717. The zero-order valence-electron chi connectivity index (χ0n) is 8.94. The Balaban J connectivity index is 2.54. The van der Waals surface area contributed by atoms with E-state index in [0.717, 1.165) is 10.6 Å². The summed E-state index contributed by atoms with van der Waals surface area (Å²) in [5, 5.41) is 0.750. The van der Waals surface area contributed by atoms with Crippen molar-refractivity contribution in [2.24, 2.45) is 0 Å². The van der Waals surface area contributed by atoms with E-state index in [4.69, 9.17) is 21.1 Å². The van der Waals surface area contributed by atoms with Gasteiger partial charge in [0.15, 0.2) is 6.29 Å². The Hall–Kier alpha value is -0.830. The van der Waals surface area contributed by atoms with Crippen LogP contribution in [0.1, 0.15) is 12.0 Å². The molecule has 0 unspecified atom stereocenters. The molecule has 1 rings (SSSR count). The first-order chi connectivity index (χ1) is 7.27. The second-order valence-electron chi connectivity index (χ2n) is 3.06. The molecule has 0 radical (unpaired) electrons. The SMILES string of the molecule is COC(CC=Cc1ccccc1Cl)OC. The van der Waals surface area contributed by atoms with Crippen molar-refractivity contribution in [3.63, 3.8) is 0 Å². The molecule has 0 heterocycles. The molecule has 1 aromatic rings. The second kappa shape index (κ2) is 6.62. The lowest BCUT2D eigenvalue weighted by molar-refractivity contribution is -0.0985. The second-order valence-corrected chi connectivity index (χ2v) is 3.47. The van der Waals surface area contributed by atoms with Gasteiger partial charge in [-0.3, -0.25) is 0 Å². The van der Waals surface area contributed by atoms with Crippen LogP contribution in [-0.4, -0.2) is 20.5 Å². The van der Waals surface area contributed by atoms with Gasteiger partial charge in [0.05, 0.1) is 0 Å². The average Bonchev–Trinajstić information content (AvgIpc) is 2.27. The molecule has 0 aliphatic rings. The van der Waals surface area contributed by atoms with E-state index in [-0.39, 0.29) is 6.29 Å². The predicted molar refractivity (Wildman–Crippen MR) is 62.9 cm³/mol. The molecular formula is C12H15ClO2. The third-order valence-electron chi connectivity index (χ3n) is 2.06. The fourth-order valence-corrected chi connectivity index (χ4v) is 1.40. The molecule has 1 aromatic carbocycles. The monoisotopic (exact) mass is 226 g/mol. The minimum absolute atomic E-state index is 0.191. The fraction of sp³-hybridized carbons (Fsp3) is 0.333. The average molecular weight is 227 g/mol. The van der Waals surface area contributed by atoms with E-state index in [9.17, 15) is 0 Å². The minimum Gasteiger partial charge on any atom is -0.356 e. The highest BCUT2D eigenvalue weighted by atomic mass is 35.5. The molecule has 0 saturated carbocycles. The summed E-state index contributed by atoms with van der Waals surface area (Å²) in [7, 11) is 3.25. The van der Waals surface area contributed by atoms with Crippen molar-refractivity contribution in [2.75, 3.05) is 14.2 Å². The Morgan fingerprint density at radius 1 is 1.27 bits per heavy atom. The van der Waals surface area contributed by atoms with E-state index in [0.29, 0.717) is 6.42 Å². The number of benzene rings is 1. The van der Waals surface area contributed by atoms with Gasteiger partial charge in [-0.1, -0.05) is 42.0 Å². The smallest absolute Gasteiger partial charge is 0.160 e. The highest BCUT2D eigenvalue weighted by molar-refractivity contribution is 6.32. The van der Waals surface area contributed by atoms with E-state index in [2.05, 4.69) is 0 Å². The maximum absolute atomic E-state index is 5.99. The van der Waals surface area contributed by atoms with E-state index in [1.165, 1.54) is 0 Å². The van der Waals surface area contributed by atoms with Crippen molar-refractivity contribution in [3.05, 3.63) is 40.9 Å². The molecule has 15 heavy (non-hydrogen) atoms. The van der Waals surface area contributed by atoms with Gasteiger partial charge < -0.3 is 9.47 Å². The molecule has 0 atom stereocenters. The van der Waals surface area contributed by atoms with Crippen LogP contribution in [0.2, 0.25) is 5.02 Å². The van der Waals surface area contributed by atoms with Crippen molar-refractivity contribution in [1.82, 2.24) is 0 Å². The van der Waals surface area contributed by atoms with Crippen LogP contribution in [0.15, 0.2) is 30.3 Å². The molecule has 0 spiro atoms. The van der Waals surface area contributed by atoms with Crippen LogP contribution < -0.4 is 0 Å². The first-order valence-corrected chi connectivity index (χ1v) is 5.12. The number of halogens is 1. The molecule has 0 aliphatic carbocycles. The third kappa shape index (κ3) is 4.04. The molecular weight excluding hydrogens is 212 g/mol. The van der Waals surface area contributed by atoms with Crippen LogP contribution in [0.5, 0.6) is 0 Å². The summed E-state index contributed by atoms with van der Waals surface area (Å²) >= 11 is 5.99. The van der Waals surface area contributed by atoms with Gasteiger partial charge in [0.25, 0.3) is 0 Å². The lowest BCUT2D eigenvalue weighted by Crippen LogP contribution is -2.10. The highest BCUT2D eigenvalue weighted by Crippen LogP contribution is 2.16. The molecule has 0 N–H and O–H groups in total. The largest absolute Gasteiger partial charge is 0.356 e. The summed E-state index contributed by atoms with van der Waals surface area (Å²) in [5.74, 6) is 0. The van der Waals surface area contributed by atoms with Crippen LogP contribution >= 0.6 is 11.6 Å². The highest BCUT2D eigenvalue weighted by Gasteiger charge is 2.00. The lowest BCUT2D eigenvalue weighted by atomic mass is 10.2. The molecule has 0 aliphatic heterocycles. The Morgan fingerprint density at radius 2 is 1.93 bits per heavy atom. The zero-order valence-corrected chi connectivity index (χ0v) is 9.70. The molecule has 0 amide bonds. The van der Waals surface area contributed by atoms with Crippen LogP contribution in [0.4, 0.5) is 0 Å². The molecule has 3 heteroatoms. The van der Waals surface area contributed by atoms with Crippen LogP contribution in [0, 0.1) is 0 Å². The van der Waals surface area contributed by atoms with Crippen LogP contribution in [0.25, 0.3) is 6.08 Å². The van der Waals surface area contributed by atoms with Gasteiger partial charge in [-0.15, -0.1) is 0 Å². The van der Waals surface area contributed by atoms with Gasteiger partial charge in [0.2, 0.25) is 0 Å². The summed E-state index contributed by atoms with van der Waals surface area (Å²) in [6, 6.07) is 7.70. The third-order valence-corrected chi connectivity index (χ3v) is 2.40. The molecule has 82 valence electrons. The number of ether oxygens (including phenoxy) is 2. The predicted octanol–water partition coefficient (Wildman–Crippen LogP) is 3.36. The Morgan fingerprint density at radius 3 is 2.53 bits per heavy atom. The number of methoxy groups -OCH3 is 2.